The van der Waals surface area contributed by atoms with E-state index in [1.807, 2.05) is 24.3 Å². The first-order valence-electron chi connectivity index (χ1n) is 6.78. The number of hydrogen-bond acceptors (Lipinski definition) is 3. The molecule has 2 heterocycles. The third-order valence-corrected chi connectivity index (χ3v) is 5.06. The smallest absolute Gasteiger partial charge is 0.262 e. The number of halogens is 2. The molecule has 1 N–H and O–H groups in total. The summed E-state index contributed by atoms with van der Waals surface area (Å²) < 4.78 is 2.77. The molecule has 22 heavy (non-hydrogen) atoms. The topological polar surface area (TPSA) is 46.9 Å². The van der Waals surface area contributed by atoms with Crippen molar-refractivity contribution in [1.82, 2.24) is 15.1 Å². The van der Waals surface area contributed by atoms with E-state index in [0.29, 0.717) is 28.0 Å². The number of nitrogens with zero attached hydrogens (tertiary/aromatic N) is 2. The number of hydrogen-bond donors (Lipinski definition) is 1. The first kappa shape index (κ1) is 15.3. The van der Waals surface area contributed by atoms with Crippen molar-refractivity contribution in [3.8, 4) is 0 Å². The van der Waals surface area contributed by atoms with Gasteiger partial charge in [-0.15, -0.1) is 11.3 Å². The van der Waals surface area contributed by atoms with Crippen molar-refractivity contribution >= 4 is 50.5 Å². The fourth-order valence-electron chi connectivity index (χ4n) is 2.14. The van der Waals surface area contributed by atoms with E-state index < -0.39 is 0 Å². The molecule has 7 heteroatoms. The zero-order valence-corrected chi connectivity index (χ0v) is 13.9. The highest BCUT2D eigenvalue weighted by Gasteiger charge is 2.16. The van der Waals surface area contributed by atoms with Gasteiger partial charge in [-0.3, -0.25) is 9.48 Å². The molecule has 0 saturated heterocycles. The standard InChI is InChI=1S/C15H13Cl2N3OS/c16-10-8-19-20(9-10)7-3-6-18-15(21)14-13(17)11-4-1-2-5-12(11)22-14/h1-2,4-5,8-9H,3,6-7H2,(H,18,21). The largest absolute Gasteiger partial charge is 0.351 e. The molecule has 0 bridgehead atoms. The number of aryl methyl sites for hydroxylation is 1. The molecule has 2 aromatic heterocycles. The van der Waals surface area contributed by atoms with Crippen LogP contribution in [0.5, 0.6) is 0 Å². The highest BCUT2D eigenvalue weighted by molar-refractivity contribution is 7.21. The Bertz CT molecular complexity index is 812. The molecule has 0 radical (unpaired) electrons. The predicted molar refractivity (Wildman–Crippen MR) is 91.0 cm³/mol. The van der Waals surface area contributed by atoms with Gasteiger partial charge in [0.05, 0.1) is 16.2 Å². The molecule has 0 aliphatic rings. The number of nitrogens with one attached hydrogen (secondary N) is 1. The summed E-state index contributed by atoms with van der Waals surface area (Å²) in [5.74, 6) is -0.135. The highest BCUT2D eigenvalue weighted by Crippen LogP contribution is 2.34. The van der Waals surface area contributed by atoms with Crippen LogP contribution in [0.4, 0.5) is 0 Å². The lowest BCUT2D eigenvalue weighted by atomic mass is 10.2. The van der Waals surface area contributed by atoms with Gasteiger partial charge < -0.3 is 5.32 Å². The van der Waals surface area contributed by atoms with Crippen LogP contribution in [0.3, 0.4) is 0 Å². The lowest BCUT2D eigenvalue weighted by Gasteiger charge is -2.04. The molecule has 3 aromatic rings. The Morgan fingerprint density at radius 3 is 2.86 bits per heavy atom. The number of amides is 1. The fraction of sp³-hybridized carbons (Fsp3) is 0.200. The van der Waals surface area contributed by atoms with Crippen LogP contribution in [0, 0.1) is 0 Å². The minimum atomic E-state index is -0.135. The second kappa shape index (κ2) is 6.69. The van der Waals surface area contributed by atoms with Gasteiger partial charge in [-0.05, 0) is 12.5 Å². The zero-order valence-electron chi connectivity index (χ0n) is 11.6. The summed E-state index contributed by atoms with van der Waals surface area (Å²) in [6.07, 6.45) is 4.12. The molecular weight excluding hydrogens is 341 g/mol. The second-order valence-electron chi connectivity index (χ2n) is 4.77. The normalized spacial score (nSPS) is 11.0. The van der Waals surface area contributed by atoms with Crippen molar-refractivity contribution in [1.29, 1.82) is 0 Å². The Kier molecular flexibility index (Phi) is 4.66. The number of aromatic nitrogens is 2. The summed E-state index contributed by atoms with van der Waals surface area (Å²) in [6, 6.07) is 7.74. The Balaban J connectivity index is 1.58. The minimum Gasteiger partial charge on any atom is -0.351 e. The molecule has 0 spiro atoms. The third kappa shape index (κ3) is 3.27. The lowest BCUT2D eigenvalue weighted by molar-refractivity contribution is 0.0957. The molecule has 4 nitrogen and oxygen atoms in total. The number of benzene rings is 1. The monoisotopic (exact) mass is 353 g/mol. The predicted octanol–water partition coefficient (Wildman–Crippen LogP) is 4.22. The van der Waals surface area contributed by atoms with Gasteiger partial charge in [0.1, 0.15) is 4.88 Å². The van der Waals surface area contributed by atoms with E-state index in [1.54, 1.807) is 17.1 Å². The molecule has 1 aromatic carbocycles. The van der Waals surface area contributed by atoms with Gasteiger partial charge in [-0.1, -0.05) is 41.4 Å². The van der Waals surface area contributed by atoms with Crippen LogP contribution in [0.15, 0.2) is 36.7 Å². The van der Waals surface area contributed by atoms with E-state index in [1.165, 1.54) is 11.3 Å². The van der Waals surface area contributed by atoms with E-state index >= 15 is 0 Å². The van der Waals surface area contributed by atoms with Crippen LogP contribution in [0.2, 0.25) is 10.0 Å². The summed E-state index contributed by atoms with van der Waals surface area (Å²) >= 11 is 13.5. The average Bonchev–Trinajstić information content (AvgIpc) is 3.08. The van der Waals surface area contributed by atoms with Crippen molar-refractivity contribution in [3.63, 3.8) is 0 Å². The van der Waals surface area contributed by atoms with Crippen LogP contribution in [-0.2, 0) is 6.54 Å². The van der Waals surface area contributed by atoms with Gasteiger partial charge in [0.2, 0.25) is 0 Å². The second-order valence-corrected chi connectivity index (χ2v) is 6.64. The van der Waals surface area contributed by atoms with Crippen LogP contribution in [0.25, 0.3) is 10.1 Å². The zero-order chi connectivity index (χ0) is 15.5. The van der Waals surface area contributed by atoms with Crippen LogP contribution in [0.1, 0.15) is 16.1 Å². The van der Waals surface area contributed by atoms with E-state index in [4.69, 9.17) is 23.2 Å². The number of carbonyl (C=O) groups excluding carboxylic acids is 1. The molecule has 1 amide bonds. The summed E-state index contributed by atoms with van der Waals surface area (Å²) in [6.45, 7) is 1.26. The fourth-order valence-corrected chi connectivity index (χ4v) is 3.73. The molecule has 0 atom stereocenters. The van der Waals surface area contributed by atoms with Crippen LogP contribution >= 0.6 is 34.5 Å². The van der Waals surface area contributed by atoms with Gasteiger partial charge in [0, 0.05) is 29.4 Å². The molecular formula is C15H13Cl2N3OS. The van der Waals surface area contributed by atoms with Crippen molar-refractivity contribution in [2.24, 2.45) is 0 Å². The maximum Gasteiger partial charge on any atom is 0.262 e. The van der Waals surface area contributed by atoms with Gasteiger partial charge in [0.15, 0.2) is 0 Å². The number of rotatable bonds is 5. The molecule has 0 fully saturated rings. The van der Waals surface area contributed by atoms with Gasteiger partial charge >= 0.3 is 0 Å². The van der Waals surface area contributed by atoms with Crippen molar-refractivity contribution in [2.45, 2.75) is 13.0 Å². The van der Waals surface area contributed by atoms with Crippen LogP contribution in [-0.4, -0.2) is 22.2 Å². The number of thiophene rings is 1. The molecule has 3 rings (SSSR count). The molecule has 0 saturated carbocycles. The first-order chi connectivity index (χ1) is 10.6. The number of fused-ring (bicyclic) bond motifs is 1. The van der Waals surface area contributed by atoms with Crippen molar-refractivity contribution in [2.75, 3.05) is 6.54 Å². The van der Waals surface area contributed by atoms with Gasteiger partial charge in [0.25, 0.3) is 5.91 Å². The van der Waals surface area contributed by atoms with Gasteiger partial charge in [-0.25, -0.2) is 0 Å². The Morgan fingerprint density at radius 1 is 1.32 bits per heavy atom. The lowest BCUT2D eigenvalue weighted by Crippen LogP contribution is -2.24. The van der Waals surface area contributed by atoms with E-state index in [-0.39, 0.29) is 5.91 Å². The maximum atomic E-state index is 12.2. The molecule has 0 aliphatic heterocycles. The minimum absolute atomic E-state index is 0.135. The third-order valence-electron chi connectivity index (χ3n) is 3.19. The van der Waals surface area contributed by atoms with Gasteiger partial charge in [-0.2, -0.15) is 5.10 Å². The van der Waals surface area contributed by atoms with E-state index in [9.17, 15) is 4.79 Å². The summed E-state index contributed by atoms with van der Waals surface area (Å²) in [7, 11) is 0. The Morgan fingerprint density at radius 2 is 2.14 bits per heavy atom. The summed E-state index contributed by atoms with van der Waals surface area (Å²) in [4.78, 5) is 12.8. The Labute approximate surface area is 141 Å². The van der Waals surface area contributed by atoms with E-state index in [0.717, 1.165) is 16.5 Å². The maximum absolute atomic E-state index is 12.2. The molecule has 0 unspecified atom stereocenters. The summed E-state index contributed by atoms with van der Waals surface area (Å²) in [5.41, 5.74) is 0. The van der Waals surface area contributed by atoms with Crippen molar-refractivity contribution in [3.05, 3.63) is 51.6 Å². The van der Waals surface area contributed by atoms with Crippen molar-refractivity contribution < 1.29 is 4.79 Å². The SMILES string of the molecule is O=C(NCCCn1cc(Cl)cn1)c1sc2ccccc2c1Cl. The summed E-state index contributed by atoms with van der Waals surface area (Å²) in [5, 5.41) is 9.04. The first-order valence-corrected chi connectivity index (χ1v) is 8.35. The average molecular weight is 354 g/mol. The quantitative estimate of drug-likeness (QED) is 0.697. The highest BCUT2D eigenvalue weighted by atomic mass is 35.5. The van der Waals surface area contributed by atoms with Crippen LogP contribution < -0.4 is 5.32 Å². The number of carbonyl (C=O) groups is 1. The molecule has 0 aliphatic carbocycles. The molecule has 114 valence electrons. The Hall–Kier alpha value is -1.56. The van der Waals surface area contributed by atoms with E-state index in [2.05, 4.69) is 10.4 Å².